The average Bonchev–Trinajstić information content (AvgIpc) is 2.19. The van der Waals surface area contributed by atoms with Gasteiger partial charge in [0.2, 0.25) is 0 Å². The molecule has 1 unspecified atom stereocenters. The number of aliphatic hydroxyl groups excluding tert-OH is 2. The third kappa shape index (κ3) is 1.58. The zero-order valence-corrected chi connectivity index (χ0v) is 6.14. The van der Waals surface area contributed by atoms with Crippen molar-refractivity contribution in [1.82, 2.24) is 0 Å². The van der Waals surface area contributed by atoms with Crippen molar-refractivity contribution in [3.8, 4) is 0 Å². The summed E-state index contributed by atoms with van der Waals surface area (Å²) in [5, 5.41) is 18.3. The molecular weight excluding hydrogens is 151 g/mol. The highest BCUT2D eigenvalue weighted by Gasteiger charge is 2.38. The van der Waals surface area contributed by atoms with Gasteiger partial charge in [0.15, 0.2) is 0 Å². The van der Waals surface area contributed by atoms with Crippen molar-refractivity contribution in [1.29, 1.82) is 0 Å². The van der Waals surface area contributed by atoms with E-state index in [4.69, 9.17) is 14.9 Å². The average molecular weight is 162 g/mol. The van der Waals surface area contributed by atoms with E-state index >= 15 is 0 Å². The van der Waals surface area contributed by atoms with Gasteiger partial charge in [-0.25, -0.2) is 4.39 Å². The topological polar surface area (TPSA) is 49.7 Å². The maximum absolute atomic E-state index is 11.6. The second kappa shape index (κ2) is 3.30. The first kappa shape index (κ1) is 8.64. The molecule has 4 heteroatoms. The summed E-state index contributed by atoms with van der Waals surface area (Å²) < 4.78 is 16.6. The van der Waals surface area contributed by atoms with Crippen LogP contribution in [0, 0.1) is 0 Å². The van der Waals surface area contributed by atoms with Crippen LogP contribution >= 0.6 is 0 Å². The SMILES string of the molecule is C[C@@H]1O[C@H](C=CF)[C@H](O)C1O. The van der Waals surface area contributed by atoms with Gasteiger partial charge in [0, 0.05) is 0 Å². The molecule has 1 heterocycles. The number of hydrogen-bond acceptors (Lipinski definition) is 3. The number of rotatable bonds is 1. The zero-order chi connectivity index (χ0) is 8.43. The molecule has 1 fully saturated rings. The Bertz CT molecular complexity index is 160. The summed E-state index contributed by atoms with van der Waals surface area (Å²) in [7, 11) is 0. The highest BCUT2D eigenvalue weighted by molar-refractivity contribution is 4.98. The van der Waals surface area contributed by atoms with Gasteiger partial charge in [-0.3, -0.25) is 0 Å². The lowest BCUT2D eigenvalue weighted by atomic mass is 10.1. The van der Waals surface area contributed by atoms with Gasteiger partial charge in [-0.1, -0.05) is 0 Å². The van der Waals surface area contributed by atoms with Crippen LogP contribution in [0.25, 0.3) is 0 Å². The maximum atomic E-state index is 11.6. The molecule has 0 aliphatic carbocycles. The monoisotopic (exact) mass is 162 g/mol. The molecule has 0 aromatic carbocycles. The second-order valence-electron chi connectivity index (χ2n) is 2.61. The number of halogens is 1. The lowest BCUT2D eigenvalue weighted by Gasteiger charge is -2.08. The van der Waals surface area contributed by atoms with Crippen molar-refractivity contribution in [3.63, 3.8) is 0 Å². The number of hydrogen-bond donors (Lipinski definition) is 2. The Hall–Kier alpha value is -0.450. The molecule has 4 atom stereocenters. The van der Waals surface area contributed by atoms with Crippen LogP contribution in [0.4, 0.5) is 4.39 Å². The van der Waals surface area contributed by atoms with Crippen LogP contribution in [0.5, 0.6) is 0 Å². The van der Waals surface area contributed by atoms with Crippen LogP contribution in [0.2, 0.25) is 0 Å². The largest absolute Gasteiger partial charge is 0.388 e. The molecule has 3 nitrogen and oxygen atoms in total. The van der Waals surface area contributed by atoms with Crippen molar-refractivity contribution < 1.29 is 19.3 Å². The van der Waals surface area contributed by atoms with Crippen LogP contribution in [-0.2, 0) is 4.74 Å². The van der Waals surface area contributed by atoms with Crippen LogP contribution in [0.15, 0.2) is 12.4 Å². The molecule has 0 radical (unpaired) electrons. The van der Waals surface area contributed by atoms with Gasteiger partial charge in [0.05, 0.1) is 12.4 Å². The Balaban J connectivity index is 2.59. The van der Waals surface area contributed by atoms with Crippen molar-refractivity contribution in [3.05, 3.63) is 12.4 Å². The smallest absolute Gasteiger partial charge is 0.112 e. The van der Waals surface area contributed by atoms with Crippen LogP contribution in [-0.4, -0.2) is 34.6 Å². The minimum absolute atomic E-state index is 0.304. The number of aliphatic hydroxyl groups is 2. The Morgan fingerprint density at radius 3 is 2.36 bits per heavy atom. The van der Waals surface area contributed by atoms with E-state index in [-0.39, 0.29) is 0 Å². The summed E-state index contributed by atoms with van der Waals surface area (Å²) in [4.78, 5) is 0. The van der Waals surface area contributed by atoms with E-state index in [0.717, 1.165) is 6.08 Å². The first-order valence-corrected chi connectivity index (χ1v) is 3.45. The molecule has 1 aliphatic heterocycles. The van der Waals surface area contributed by atoms with Gasteiger partial charge in [0.25, 0.3) is 0 Å². The van der Waals surface area contributed by atoms with E-state index in [1.165, 1.54) is 0 Å². The van der Waals surface area contributed by atoms with Gasteiger partial charge < -0.3 is 14.9 Å². The van der Waals surface area contributed by atoms with Crippen molar-refractivity contribution in [2.45, 2.75) is 31.3 Å². The quantitative estimate of drug-likeness (QED) is 0.569. The fraction of sp³-hybridized carbons (Fsp3) is 0.714. The molecule has 1 rings (SSSR count). The Morgan fingerprint density at radius 1 is 1.36 bits per heavy atom. The van der Waals surface area contributed by atoms with E-state index < -0.39 is 24.4 Å². The lowest BCUT2D eigenvalue weighted by molar-refractivity contribution is 0.0316. The molecule has 0 amide bonds. The molecule has 0 aromatic rings. The third-order valence-electron chi connectivity index (χ3n) is 1.80. The van der Waals surface area contributed by atoms with E-state index in [1.807, 2.05) is 0 Å². The van der Waals surface area contributed by atoms with E-state index in [1.54, 1.807) is 6.92 Å². The Kier molecular flexibility index (Phi) is 2.59. The van der Waals surface area contributed by atoms with Gasteiger partial charge in [-0.15, -0.1) is 0 Å². The van der Waals surface area contributed by atoms with E-state index in [0.29, 0.717) is 6.33 Å². The summed E-state index contributed by atoms with van der Waals surface area (Å²) in [5.41, 5.74) is 0. The fourth-order valence-corrected chi connectivity index (χ4v) is 1.11. The first-order chi connectivity index (χ1) is 5.16. The maximum Gasteiger partial charge on any atom is 0.112 e. The molecule has 0 aromatic heterocycles. The highest BCUT2D eigenvalue weighted by atomic mass is 19.1. The summed E-state index contributed by atoms with van der Waals surface area (Å²) in [5.74, 6) is 0. The molecule has 64 valence electrons. The predicted octanol–water partition coefficient (Wildman–Crippen LogP) is -0.0213. The van der Waals surface area contributed by atoms with E-state index in [2.05, 4.69) is 0 Å². The molecule has 0 spiro atoms. The van der Waals surface area contributed by atoms with Crippen molar-refractivity contribution in [2.75, 3.05) is 0 Å². The summed E-state index contributed by atoms with van der Waals surface area (Å²) in [6.07, 6.45) is -1.71. The Morgan fingerprint density at radius 2 is 2.00 bits per heavy atom. The van der Waals surface area contributed by atoms with Crippen molar-refractivity contribution >= 4 is 0 Å². The van der Waals surface area contributed by atoms with Crippen LogP contribution in [0.1, 0.15) is 6.92 Å². The lowest BCUT2D eigenvalue weighted by Crippen LogP contribution is -2.30. The Labute approximate surface area is 64.1 Å². The summed E-state index contributed by atoms with van der Waals surface area (Å²) in [6.45, 7) is 1.62. The van der Waals surface area contributed by atoms with Crippen LogP contribution < -0.4 is 0 Å². The molecule has 1 aliphatic rings. The van der Waals surface area contributed by atoms with Crippen LogP contribution in [0.3, 0.4) is 0 Å². The van der Waals surface area contributed by atoms with Crippen molar-refractivity contribution in [2.24, 2.45) is 0 Å². The molecular formula is C7H11FO3. The molecule has 11 heavy (non-hydrogen) atoms. The molecule has 0 bridgehead atoms. The third-order valence-corrected chi connectivity index (χ3v) is 1.80. The highest BCUT2D eigenvalue weighted by Crippen LogP contribution is 2.21. The standard InChI is InChI=1S/C7H11FO3/c1-4-6(9)7(10)5(11-4)2-3-8/h2-7,9-10H,1H3/t4-,5+,6?,7-/m0/s1. The summed E-state index contributed by atoms with van der Waals surface area (Å²) >= 11 is 0. The number of ether oxygens (including phenoxy) is 1. The fourth-order valence-electron chi connectivity index (χ4n) is 1.11. The zero-order valence-electron chi connectivity index (χ0n) is 6.14. The van der Waals surface area contributed by atoms with Gasteiger partial charge in [0.1, 0.15) is 18.3 Å². The predicted molar refractivity (Wildman–Crippen MR) is 36.6 cm³/mol. The molecule has 2 N–H and O–H groups in total. The molecule has 0 saturated carbocycles. The van der Waals surface area contributed by atoms with Gasteiger partial charge in [-0.05, 0) is 13.0 Å². The van der Waals surface area contributed by atoms with Gasteiger partial charge >= 0.3 is 0 Å². The minimum Gasteiger partial charge on any atom is -0.388 e. The minimum atomic E-state index is -1.02. The molecule has 1 saturated heterocycles. The normalized spacial score (nSPS) is 45.5. The van der Waals surface area contributed by atoms with E-state index in [9.17, 15) is 4.39 Å². The van der Waals surface area contributed by atoms with Gasteiger partial charge in [-0.2, -0.15) is 0 Å². The summed E-state index contributed by atoms with van der Waals surface area (Å²) in [6, 6.07) is 0. The second-order valence-corrected chi connectivity index (χ2v) is 2.61. The first-order valence-electron chi connectivity index (χ1n) is 3.45.